The van der Waals surface area contributed by atoms with Gasteiger partial charge in [0.2, 0.25) is 0 Å². The Morgan fingerprint density at radius 3 is 3.12 bits per heavy atom. The number of hydrogen-bond acceptors (Lipinski definition) is 5. The van der Waals surface area contributed by atoms with Crippen molar-refractivity contribution in [1.29, 1.82) is 0 Å². The molecule has 0 saturated carbocycles. The first kappa shape index (κ1) is 10.6. The minimum Gasteiger partial charge on any atom is -0.377 e. The Labute approximate surface area is 95.7 Å². The molecule has 0 spiro atoms. The van der Waals surface area contributed by atoms with E-state index in [2.05, 4.69) is 25.7 Å². The first-order valence-corrected chi connectivity index (χ1v) is 4.89. The van der Waals surface area contributed by atoms with Crippen LogP contribution in [0.3, 0.4) is 0 Å². The minimum atomic E-state index is -0.425. The molecule has 0 aliphatic rings. The molecular formula is C9H8ClN5O. The highest BCUT2D eigenvalue weighted by molar-refractivity contribution is 6.32. The van der Waals surface area contributed by atoms with E-state index in [-0.39, 0.29) is 5.02 Å². The quantitative estimate of drug-likeness (QED) is 0.826. The molecule has 0 bridgehead atoms. The van der Waals surface area contributed by atoms with Crippen molar-refractivity contribution in [2.75, 3.05) is 5.32 Å². The van der Waals surface area contributed by atoms with Crippen molar-refractivity contribution in [1.82, 2.24) is 20.4 Å². The van der Waals surface area contributed by atoms with Crippen LogP contribution in [0.2, 0.25) is 5.02 Å². The zero-order chi connectivity index (χ0) is 11.4. The van der Waals surface area contributed by atoms with Crippen molar-refractivity contribution >= 4 is 17.3 Å². The van der Waals surface area contributed by atoms with Gasteiger partial charge < -0.3 is 5.32 Å². The first-order chi connectivity index (χ1) is 7.77. The summed E-state index contributed by atoms with van der Waals surface area (Å²) in [6.45, 7) is 0.429. The number of aromatic amines is 1. The molecular weight excluding hydrogens is 230 g/mol. The Kier molecular flexibility index (Phi) is 3.11. The molecule has 0 saturated heterocycles. The predicted octanol–water partition coefficient (Wildman–Crippen LogP) is 0.825. The number of aromatic nitrogens is 4. The molecule has 7 heteroatoms. The lowest BCUT2D eigenvalue weighted by molar-refractivity contribution is 0.918. The molecule has 0 amide bonds. The van der Waals surface area contributed by atoms with E-state index in [0.29, 0.717) is 12.2 Å². The number of nitrogens with one attached hydrogen (secondary N) is 2. The van der Waals surface area contributed by atoms with Crippen molar-refractivity contribution < 1.29 is 0 Å². The van der Waals surface area contributed by atoms with Crippen molar-refractivity contribution in [3.05, 3.63) is 45.6 Å². The van der Waals surface area contributed by atoms with Crippen LogP contribution < -0.4 is 10.9 Å². The second-order valence-electron chi connectivity index (χ2n) is 3.00. The molecule has 2 aromatic heterocycles. The molecule has 0 fully saturated rings. The second-order valence-corrected chi connectivity index (χ2v) is 3.37. The molecule has 6 nitrogen and oxygen atoms in total. The zero-order valence-corrected chi connectivity index (χ0v) is 8.90. The number of halogens is 1. The number of rotatable bonds is 3. The van der Waals surface area contributed by atoms with Crippen LogP contribution >= 0.6 is 11.6 Å². The fraction of sp³-hybridized carbons (Fsp3) is 0.111. The van der Waals surface area contributed by atoms with E-state index in [1.807, 2.05) is 6.07 Å². The molecule has 82 valence electrons. The molecule has 2 N–H and O–H groups in total. The number of anilines is 1. The van der Waals surface area contributed by atoms with Crippen LogP contribution in [0, 0.1) is 0 Å². The molecule has 0 atom stereocenters. The third-order valence-electron chi connectivity index (χ3n) is 1.88. The van der Waals surface area contributed by atoms with Crippen molar-refractivity contribution in [3.8, 4) is 0 Å². The van der Waals surface area contributed by atoms with E-state index in [0.717, 1.165) is 5.69 Å². The summed E-state index contributed by atoms with van der Waals surface area (Å²) in [7, 11) is 0. The van der Waals surface area contributed by atoms with Gasteiger partial charge in [-0.1, -0.05) is 11.6 Å². The van der Waals surface area contributed by atoms with Gasteiger partial charge in [0, 0.05) is 6.20 Å². The van der Waals surface area contributed by atoms with Crippen LogP contribution in [0.15, 0.2) is 29.3 Å². The van der Waals surface area contributed by atoms with Gasteiger partial charge in [0.05, 0.1) is 24.1 Å². The van der Waals surface area contributed by atoms with Gasteiger partial charge >= 0.3 is 0 Å². The van der Waals surface area contributed by atoms with Gasteiger partial charge in [0.15, 0.2) is 0 Å². The number of H-pyrrole nitrogens is 1. The molecule has 0 aliphatic heterocycles. The number of hydrogen-bond donors (Lipinski definition) is 2. The normalized spacial score (nSPS) is 10.1. The summed E-state index contributed by atoms with van der Waals surface area (Å²) >= 11 is 5.78. The Morgan fingerprint density at radius 1 is 1.50 bits per heavy atom. The topological polar surface area (TPSA) is 83.6 Å². The standard InChI is InChI=1S/C9H8ClN5O/c10-8-7(5-13-15-9(8)16)11-4-6-2-1-3-12-14-6/h1-3,5H,4H2,(H2,11,15,16). The predicted molar refractivity (Wildman–Crippen MR) is 59.2 cm³/mol. The van der Waals surface area contributed by atoms with E-state index in [1.165, 1.54) is 6.20 Å². The summed E-state index contributed by atoms with van der Waals surface area (Å²) < 4.78 is 0. The van der Waals surface area contributed by atoms with Gasteiger partial charge in [0.25, 0.3) is 5.56 Å². The van der Waals surface area contributed by atoms with Crippen molar-refractivity contribution in [2.45, 2.75) is 6.54 Å². The van der Waals surface area contributed by atoms with Crippen molar-refractivity contribution in [3.63, 3.8) is 0 Å². The highest BCUT2D eigenvalue weighted by Gasteiger charge is 2.04. The fourth-order valence-corrected chi connectivity index (χ4v) is 1.28. The average molecular weight is 238 g/mol. The maximum atomic E-state index is 11.1. The summed E-state index contributed by atoms with van der Waals surface area (Å²) in [6, 6.07) is 3.59. The molecule has 16 heavy (non-hydrogen) atoms. The lowest BCUT2D eigenvalue weighted by Crippen LogP contribution is -2.12. The maximum Gasteiger partial charge on any atom is 0.285 e. The number of nitrogens with zero attached hydrogens (tertiary/aromatic N) is 3. The van der Waals surface area contributed by atoms with Gasteiger partial charge in [-0.2, -0.15) is 15.3 Å². The summed E-state index contributed by atoms with van der Waals surface area (Å²) in [5.74, 6) is 0. The monoisotopic (exact) mass is 237 g/mol. The fourth-order valence-electron chi connectivity index (χ4n) is 1.12. The van der Waals surface area contributed by atoms with Crippen LogP contribution in [0.25, 0.3) is 0 Å². The molecule has 0 aliphatic carbocycles. The van der Waals surface area contributed by atoms with Gasteiger partial charge in [-0.15, -0.1) is 0 Å². The Balaban J connectivity index is 2.11. The third kappa shape index (κ3) is 2.34. The molecule has 0 radical (unpaired) electrons. The molecule has 2 aromatic rings. The third-order valence-corrected chi connectivity index (χ3v) is 2.26. The van der Waals surface area contributed by atoms with Gasteiger partial charge in [0.1, 0.15) is 5.02 Å². The molecule has 2 heterocycles. The Bertz CT molecular complexity index is 527. The van der Waals surface area contributed by atoms with Crippen molar-refractivity contribution in [2.24, 2.45) is 0 Å². The van der Waals surface area contributed by atoms with E-state index >= 15 is 0 Å². The van der Waals surface area contributed by atoms with Crippen LogP contribution in [-0.4, -0.2) is 20.4 Å². The highest BCUT2D eigenvalue weighted by Crippen LogP contribution is 2.14. The lowest BCUT2D eigenvalue weighted by atomic mass is 10.3. The smallest absolute Gasteiger partial charge is 0.285 e. The van der Waals surface area contributed by atoms with Crippen LogP contribution in [0.1, 0.15) is 5.69 Å². The molecule has 0 unspecified atom stereocenters. The van der Waals surface area contributed by atoms with E-state index in [4.69, 9.17) is 11.6 Å². The van der Waals surface area contributed by atoms with Crippen LogP contribution in [0.5, 0.6) is 0 Å². The summed E-state index contributed by atoms with van der Waals surface area (Å²) in [4.78, 5) is 11.1. The van der Waals surface area contributed by atoms with E-state index < -0.39 is 5.56 Å². The summed E-state index contributed by atoms with van der Waals surface area (Å²) in [5.41, 5.74) is 0.792. The maximum absolute atomic E-state index is 11.1. The Morgan fingerprint density at radius 2 is 2.38 bits per heavy atom. The summed E-state index contributed by atoms with van der Waals surface area (Å²) in [5, 5.41) is 16.5. The minimum absolute atomic E-state index is 0.0823. The summed E-state index contributed by atoms with van der Waals surface area (Å²) in [6.07, 6.45) is 3.03. The van der Waals surface area contributed by atoms with Gasteiger partial charge in [-0.25, -0.2) is 5.10 Å². The molecule has 2 rings (SSSR count). The second kappa shape index (κ2) is 4.71. The SMILES string of the molecule is O=c1[nH]ncc(NCc2cccnn2)c1Cl. The highest BCUT2D eigenvalue weighted by atomic mass is 35.5. The Hall–Kier alpha value is -1.95. The first-order valence-electron chi connectivity index (χ1n) is 4.51. The lowest BCUT2D eigenvalue weighted by Gasteiger charge is -2.05. The van der Waals surface area contributed by atoms with E-state index in [9.17, 15) is 4.79 Å². The van der Waals surface area contributed by atoms with Crippen LogP contribution in [-0.2, 0) is 6.54 Å². The molecule has 0 aromatic carbocycles. The van der Waals surface area contributed by atoms with E-state index in [1.54, 1.807) is 12.3 Å². The van der Waals surface area contributed by atoms with Gasteiger partial charge in [-0.05, 0) is 12.1 Å². The van der Waals surface area contributed by atoms with Gasteiger partial charge in [-0.3, -0.25) is 4.79 Å². The van der Waals surface area contributed by atoms with Crippen LogP contribution in [0.4, 0.5) is 5.69 Å². The zero-order valence-electron chi connectivity index (χ0n) is 8.14. The average Bonchev–Trinajstić information content (AvgIpc) is 2.32. The largest absolute Gasteiger partial charge is 0.377 e.